The summed E-state index contributed by atoms with van der Waals surface area (Å²) in [5.41, 5.74) is 0.987. The van der Waals surface area contributed by atoms with Crippen LogP contribution in [0.2, 0.25) is 5.02 Å². The molecule has 7 heteroatoms. The van der Waals surface area contributed by atoms with Crippen LogP contribution in [-0.4, -0.2) is 18.5 Å². The average molecular weight is 401 g/mol. The lowest BCUT2D eigenvalue weighted by atomic mass is 10.2. The highest BCUT2D eigenvalue weighted by Gasteiger charge is 2.12. The maximum Gasteiger partial charge on any atom is 0.338 e. The summed E-state index contributed by atoms with van der Waals surface area (Å²) in [7, 11) is 0. The first-order valence-electron chi connectivity index (χ1n) is 6.59. The fraction of sp³-hybridized carbons (Fsp3) is 0.125. The van der Waals surface area contributed by atoms with Crippen LogP contribution in [0.3, 0.4) is 0 Å². The molecule has 2 aromatic rings. The lowest BCUT2D eigenvalue weighted by molar-refractivity contribution is -0.124. The van der Waals surface area contributed by atoms with E-state index in [4.69, 9.17) is 16.3 Å². The molecular formula is C16H12BrClFNO3. The first kappa shape index (κ1) is 17.4. The minimum absolute atomic E-state index is 0.0798. The van der Waals surface area contributed by atoms with Crippen molar-refractivity contribution in [2.75, 3.05) is 6.61 Å². The van der Waals surface area contributed by atoms with Gasteiger partial charge in [-0.3, -0.25) is 4.79 Å². The second-order valence-electron chi connectivity index (χ2n) is 4.61. The van der Waals surface area contributed by atoms with E-state index in [0.29, 0.717) is 6.54 Å². The topological polar surface area (TPSA) is 55.4 Å². The Morgan fingerprint density at radius 3 is 2.70 bits per heavy atom. The van der Waals surface area contributed by atoms with Gasteiger partial charge in [-0.2, -0.15) is 0 Å². The number of amides is 1. The van der Waals surface area contributed by atoms with Crippen LogP contribution in [0.4, 0.5) is 4.39 Å². The molecule has 23 heavy (non-hydrogen) atoms. The minimum atomic E-state index is -0.746. The Morgan fingerprint density at radius 1 is 1.22 bits per heavy atom. The average Bonchev–Trinajstić information content (AvgIpc) is 2.53. The zero-order valence-electron chi connectivity index (χ0n) is 11.8. The molecule has 0 atom stereocenters. The molecule has 1 N–H and O–H groups in total. The summed E-state index contributed by atoms with van der Waals surface area (Å²) in [5.74, 6) is -1.81. The Balaban J connectivity index is 1.81. The Morgan fingerprint density at radius 2 is 2.00 bits per heavy atom. The van der Waals surface area contributed by atoms with Crippen molar-refractivity contribution >= 4 is 39.4 Å². The summed E-state index contributed by atoms with van der Waals surface area (Å²) in [6.07, 6.45) is 0. The van der Waals surface area contributed by atoms with Crippen LogP contribution in [0.15, 0.2) is 46.9 Å². The second kappa shape index (κ2) is 8.08. The lowest BCUT2D eigenvalue weighted by Gasteiger charge is -2.07. The summed E-state index contributed by atoms with van der Waals surface area (Å²) >= 11 is 8.92. The van der Waals surface area contributed by atoms with E-state index in [9.17, 15) is 14.0 Å². The Hall–Kier alpha value is -1.92. The molecule has 0 radical (unpaired) electrons. The third-order valence-corrected chi connectivity index (χ3v) is 3.65. The van der Waals surface area contributed by atoms with Gasteiger partial charge in [-0.1, -0.05) is 39.7 Å². The Bertz CT molecular complexity index is 739. The van der Waals surface area contributed by atoms with Crippen molar-refractivity contribution < 1.29 is 18.7 Å². The highest BCUT2D eigenvalue weighted by molar-refractivity contribution is 9.10. The quantitative estimate of drug-likeness (QED) is 0.779. The number of carbonyl (C=O) groups excluding carboxylic acids is 2. The first-order chi connectivity index (χ1) is 11.0. The molecule has 0 saturated heterocycles. The van der Waals surface area contributed by atoms with Gasteiger partial charge >= 0.3 is 5.97 Å². The monoisotopic (exact) mass is 399 g/mol. The molecule has 0 bridgehead atoms. The van der Waals surface area contributed by atoms with Crippen molar-refractivity contribution in [1.29, 1.82) is 0 Å². The fourth-order valence-corrected chi connectivity index (χ4v) is 2.36. The van der Waals surface area contributed by atoms with E-state index in [0.717, 1.165) is 22.2 Å². The van der Waals surface area contributed by atoms with Gasteiger partial charge in [0.15, 0.2) is 6.61 Å². The number of carbonyl (C=O) groups is 2. The first-order valence-corrected chi connectivity index (χ1v) is 7.76. The van der Waals surface area contributed by atoms with Gasteiger partial charge in [-0.15, -0.1) is 0 Å². The summed E-state index contributed by atoms with van der Waals surface area (Å²) in [4.78, 5) is 23.4. The molecule has 0 aliphatic rings. The zero-order chi connectivity index (χ0) is 16.8. The molecule has 0 heterocycles. The van der Waals surface area contributed by atoms with Crippen LogP contribution >= 0.6 is 27.5 Å². The molecule has 0 aliphatic carbocycles. The molecule has 120 valence electrons. The predicted molar refractivity (Wildman–Crippen MR) is 87.7 cm³/mol. The molecule has 2 aromatic carbocycles. The molecule has 0 saturated carbocycles. The molecule has 0 unspecified atom stereocenters. The molecule has 0 spiro atoms. The third kappa shape index (κ3) is 5.33. The molecule has 4 nitrogen and oxygen atoms in total. The van der Waals surface area contributed by atoms with Crippen molar-refractivity contribution in [2.45, 2.75) is 6.54 Å². The van der Waals surface area contributed by atoms with Gasteiger partial charge in [-0.05, 0) is 35.9 Å². The van der Waals surface area contributed by atoms with Crippen LogP contribution in [0.1, 0.15) is 15.9 Å². The number of esters is 1. The Kier molecular flexibility index (Phi) is 6.12. The normalized spacial score (nSPS) is 10.2. The largest absolute Gasteiger partial charge is 0.452 e. The van der Waals surface area contributed by atoms with Crippen molar-refractivity contribution in [1.82, 2.24) is 5.32 Å². The molecule has 0 aromatic heterocycles. The second-order valence-corrected chi connectivity index (χ2v) is 5.93. The maximum atomic E-state index is 13.0. The van der Waals surface area contributed by atoms with E-state index < -0.39 is 24.3 Å². The number of rotatable bonds is 5. The standard InChI is InChI=1S/C16H12BrClFNO3/c17-12-3-1-2-10(6-12)8-20-15(21)9-23-16(22)11-4-5-14(19)13(18)7-11/h1-7H,8-9H2,(H,20,21). The van der Waals surface area contributed by atoms with Crippen molar-refractivity contribution in [3.05, 3.63) is 68.9 Å². The summed E-state index contributed by atoms with van der Waals surface area (Å²) in [5, 5.41) is 2.45. The van der Waals surface area contributed by atoms with Gasteiger partial charge in [-0.25, -0.2) is 9.18 Å². The van der Waals surface area contributed by atoms with Gasteiger partial charge in [0.1, 0.15) is 5.82 Å². The van der Waals surface area contributed by atoms with Crippen LogP contribution in [0.25, 0.3) is 0 Å². The summed E-state index contributed by atoms with van der Waals surface area (Å²) < 4.78 is 18.8. The van der Waals surface area contributed by atoms with Gasteiger partial charge in [0.25, 0.3) is 5.91 Å². The summed E-state index contributed by atoms with van der Waals surface area (Å²) in [6, 6.07) is 10.9. The van der Waals surface area contributed by atoms with E-state index in [1.165, 1.54) is 6.07 Å². The van der Waals surface area contributed by atoms with Crippen molar-refractivity contribution in [2.24, 2.45) is 0 Å². The van der Waals surface area contributed by atoms with Gasteiger partial charge in [0, 0.05) is 11.0 Å². The van der Waals surface area contributed by atoms with Crippen LogP contribution < -0.4 is 5.32 Å². The van der Waals surface area contributed by atoms with E-state index >= 15 is 0 Å². The van der Waals surface area contributed by atoms with Gasteiger partial charge < -0.3 is 10.1 Å². The fourth-order valence-electron chi connectivity index (χ4n) is 1.74. The lowest BCUT2D eigenvalue weighted by Crippen LogP contribution is -2.28. The van der Waals surface area contributed by atoms with E-state index in [2.05, 4.69) is 21.2 Å². The van der Waals surface area contributed by atoms with Crippen molar-refractivity contribution in [3.63, 3.8) is 0 Å². The van der Waals surface area contributed by atoms with E-state index in [-0.39, 0.29) is 10.6 Å². The number of halogens is 3. The highest BCUT2D eigenvalue weighted by atomic mass is 79.9. The predicted octanol–water partition coefficient (Wildman–Crippen LogP) is 3.71. The van der Waals surface area contributed by atoms with Crippen molar-refractivity contribution in [3.8, 4) is 0 Å². The number of benzene rings is 2. The smallest absolute Gasteiger partial charge is 0.338 e. The number of ether oxygens (including phenoxy) is 1. The molecular weight excluding hydrogens is 389 g/mol. The summed E-state index contributed by atoms with van der Waals surface area (Å²) in [6.45, 7) is -0.111. The van der Waals surface area contributed by atoms with Crippen LogP contribution in [-0.2, 0) is 16.1 Å². The number of hydrogen-bond acceptors (Lipinski definition) is 3. The van der Waals surface area contributed by atoms with Crippen LogP contribution in [0.5, 0.6) is 0 Å². The third-order valence-electron chi connectivity index (χ3n) is 2.87. The Labute approximate surface area is 145 Å². The van der Waals surface area contributed by atoms with Gasteiger partial charge in [0.05, 0.1) is 10.6 Å². The zero-order valence-corrected chi connectivity index (χ0v) is 14.2. The molecule has 1 amide bonds. The molecule has 2 rings (SSSR count). The highest BCUT2D eigenvalue weighted by Crippen LogP contribution is 2.16. The SMILES string of the molecule is O=C(COC(=O)c1ccc(F)c(Cl)c1)NCc1cccc(Br)c1. The maximum absolute atomic E-state index is 13.0. The van der Waals surface area contributed by atoms with E-state index in [1.54, 1.807) is 0 Å². The molecule has 0 fully saturated rings. The molecule has 0 aliphatic heterocycles. The number of nitrogens with one attached hydrogen (secondary N) is 1. The van der Waals surface area contributed by atoms with E-state index in [1.807, 2.05) is 24.3 Å². The minimum Gasteiger partial charge on any atom is -0.452 e. The van der Waals surface area contributed by atoms with Crippen LogP contribution in [0, 0.1) is 5.82 Å². The van der Waals surface area contributed by atoms with Gasteiger partial charge in [0.2, 0.25) is 0 Å². The number of hydrogen-bond donors (Lipinski definition) is 1.